The molecule has 1 saturated heterocycles. The smallest absolute Gasteiger partial charge is 0.254 e. The number of pyridine rings is 1. The van der Waals surface area contributed by atoms with E-state index in [4.69, 9.17) is 4.52 Å². The van der Waals surface area contributed by atoms with Crippen LogP contribution in [0.25, 0.3) is 0 Å². The van der Waals surface area contributed by atoms with E-state index in [1.165, 1.54) is 43.3 Å². The van der Waals surface area contributed by atoms with E-state index in [1.807, 2.05) is 19.9 Å². The summed E-state index contributed by atoms with van der Waals surface area (Å²) in [5.41, 5.74) is 4.93. The van der Waals surface area contributed by atoms with Crippen molar-refractivity contribution in [1.82, 2.24) is 20.4 Å². The molecular weight excluding hydrogens is 432 g/mol. The van der Waals surface area contributed by atoms with E-state index in [2.05, 4.69) is 51.5 Å². The second-order valence-electron chi connectivity index (χ2n) is 8.91. The lowest BCUT2D eigenvalue weighted by molar-refractivity contribution is 0.0947. The van der Waals surface area contributed by atoms with Gasteiger partial charge in [0.25, 0.3) is 5.91 Å². The van der Waals surface area contributed by atoms with Crippen LogP contribution >= 0.6 is 11.8 Å². The van der Waals surface area contributed by atoms with Gasteiger partial charge in [-0.05, 0) is 69.0 Å². The minimum absolute atomic E-state index is 0.115. The lowest BCUT2D eigenvalue weighted by Crippen LogP contribution is -2.32. The van der Waals surface area contributed by atoms with Gasteiger partial charge in [0, 0.05) is 30.6 Å². The van der Waals surface area contributed by atoms with Crippen molar-refractivity contribution < 1.29 is 9.32 Å². The molecule has 0 spiro atoms. The van der Waals surface area contributed by atoms with Gasteiger partial charge in [0.1, 0.15) is 10.8 Å². The highest BCUT2D eigenvalue weighted by Gasteiger charge is 2.17. The van der Waals surface area contributed by atoms with E-state index >= 15 is 0 Å². The number of nitrogens with one attached hydrogen (secondary N) is 1. The Labute approximate surface area is 200 Å². The third kappa shape index (κ3) is 6.24. The molecule has 0 aliphatic carbocycles. The van der Waals surface area contributed by atoms with Crippen molar-refractivity contribution in [1.29, 1.82) is 0 Å². The van der Waals surface area contributed by atoms with E-state index in [0.717, 1.165) is 35.0 Å². The van der Waals surface area contributed by atoms with Crippen molar-refractivity contribution in [3.63, 3.8) is 0 Å². The molecular formula is C26H32N4O2S. The van der Waals surface area contributed by atoms with Gasteiger partial charge >= 0.3 is 0 Å². The zero-order chi connectivity index (χ0) is 23.2. The number of nitrogens with zero attached hydrogens (tertiary/aromatic N) is 3. The molecule has 2 aromatic heterocycles. The Balaban J connectivity index is 1.31. The van der Waals surface area contributed by atoms with Crippen LogP contribution in [0, 0.1) is 19.8 Å². The molecule has 7 heteroatoms. The average molecular weight is 465 g/mol. The number of carbonyl (C=O) groups is 1. The largest absolute Gasteiger partial charge is 0.361 e. The average Bonchev–Trinajstić information content (AvgIpc) is 3.15. The lowest BCUT2D eigenvalue weighted by atomic mass is 9.99. The molecule has 1 aliphatic heterocycles. The topological polar surface area (TPSA) is 71.3 Å². The molecule has 1 fully saturated rings. The molecule has 0 atom stereocenters. The number of carbonyl (C=O) groups excluding carboxylic acids is 1. The second kappa shape index (κ2) is 11.0. The molecule has 0 bridgehead atoms. The monoisotopic (exact) mass is 464 g/mol. The number of rotatable bonds is 8. The Kier molecular flexibility index (Phi) is 7.83. The number of hydrogen-bond donors (Lipinski definition) is 1. The first-order chi connectivity index (χ1) is 16.0. The molecule has 0 radical (unpaired) electrons. The van der Waals surface area contributed by atoms with Crippen molar-refractivity contribution in [2.45, 2.75) is 57.5 Å². The van der Waals surface area contributed by atoms with Crippen molar-refractivity contribution in [3.8, 4) is 0 Å². The molecule has 1 N–H and O–H groups in total. The number of amides is 1. The van der Waals surface area contributed by atoms with Gasteiger partial charge in [-0.25, -0.2) is 4.98 Å². The summed E-state index contributed by atoms with van der Waals surface area (Å²) in [5, 5.41) is 7.75. The zero-order valence-corrected chi connectivity index (χ0v) is 20.5. The van der Waals surface area contributed by atoms with E-state index in [-0.39, 0.29) is 5.91 Å². The van der Waals surface area contributed by atoms with Crippen LogP contribution in [0.3, 0.4) is 0 Å². The van der Waals surface area contributed by atoms with E-state index in [1.54, 1.807) is 12.3 Å². The van der Waals surface area contributed by atoms with Crippen LogP contribution in [0.5, 0.6) is 0 Å². The summed E-state index contributed by atoms with van der Waals surface area (Å²) in [6.07, 6.45) is 4.29. The predicted octanol–water partition coefficient (Wildman–Crippen LogP) is 5.14. The normalized spacial score (nSPS) is 15.0. The molecule has 0 unspecified atom stereocenters. The summed E-state index contributed by atoms with van der Waals surface area (Å²) in [6.45, 7) is 10.0. The van der Waals surface area contributed by atoms with E-state index in [9.17, 15) is 4.79 Å². The van der Waals surface area contributed by atoms with Gasteiger partial charge in [-0.1, -0.05) is 36.3 Å². The van der Waals surface area contributed by atoms with Crippen molar-refractivity contribution in [2.24, 2.45) is 5.92 Å². The molecule has 1 aromatic carbocycles. The van der Waals surface area contributed by atoms with Gasteiger partial charge in [0.2, 0.25) is 0 Å². The minimum atomic E-state index is -0.115. The summed E-state index contributed by atoms with van der Waals surface area (Å²) in [5.74, 6) is 2.20. The highest BCUT2D eigenvalue weighted by molar-refractivity contribution is 7.98. The van der Waals surface area contributed by atoms with E-state index < -0.39 is 0 Å². The number of thioether (sulfide) groups is 1. The molecule has 3 heterocycles. The Morgan fingerprint density at radius 2 is 1.88 bits per heavy atom. The number of hydrogen-bond acceptors (Lipinski definition) is 6. The van der Waals surface area contributed by atoms with Crippen molar-refractivity contribution in [3.05, 3.63) is 76.3 Å². The van der Waals surface area contributed by atoms with Gasteiger partial charge < -0.3 is 9.84 Å². The second-order valence-corrected chi connectivity index (χ2v) is 9.87. The van der Waals surface area contributed by atoms with Crippen LogP contribution < -0.4 is 5.32 Å². The van der Waals surface area contributed by atoms with E-state index in [0.29, 0.717) is 22.9 Å². The molecule has 1 amide bonds. The van der Waals surface area contributed by atoms with Crippen LogP contribution in [0.2, 0.25) is 0 Å². The van der Waals surface area contributed by atoms with Crippen molar-refractivity contribution >= 4 is 17.7 Å². The number of benzene rings is 1. The van der Waals surface area contributed by atoms with Gasteiger partial charge in [-0.3, -0.25) is 9.69 Å². The van der Waals surface area contributed by atoms with Crippen LogP contribution in [-0.2, 0) is 18.8 Å². The first-order valence-electron chi connectivity index (χ1n) is 11.6. The third-order valence-electron chi connectivity index (χ3n) is 6.31. The Bertz CT molecular complexity index is 1050. The summed E-state index contributed by atoms with van der Waals surface area (Å²) in [4.78, 5) is 19.8. The lowest BCUT2D eigenvalue weighted by Gasteiger charge is -2.30. The Hall–Kier alpha value is -2.64. The molecule has 3 aromatic rings. The highest BCUT2D eigenvalue weighted by Crippen LogP contribution is 2.27. The number of aromatic nitrogens is 2. The number of aryl methyl sites for hydroxylation is 2. The fourth-order valence-electron chi connectivity index (χ4n) is 4.05. The van der Waals surface area contributed by atoms with Crippen LogP contribution in [0.4, 0.5) is 0 Å². The molecule has 4 rings (SSSR count). The van der Waals surface area contributed by atoms with Gasteiger partial charge in [0.05, 0.1) is 11.3 Å². The fourth-order valence-corrected chi connectivity index (χ4v) is 5.19. The van der Waals surface area contributed by atoms with Crippen LogP contribution in [-0.4, -0.2) is 34.0 Å². The molecule has 0 saturated carbocycles. The first kappa shape index (κ1) is 23.5. The Morgan fingerprint density at radius 1 is 1.15 bits per heavy atom. The highest BCUT2D eigenvalue weighted by atomic mass is 32.2. The third-order valence-corrected chi connectivity index (χ3v) is 7.34. The predicted molar refractivity (Wildman–Crippen MR) is 131 cm³/mol. The quantitative estimate of drug-likeness (QED) is 0.466. The zero-order valence-electron chi connectivity index (χ0n) is 19.6. The number of piperidine rings is 1. The summed E-state index contributed by atoms with van der Waals surface area (Å²) < 4.78 is 5.24. The maximum Gasteiger partial charge on any atom is 0.254 e. The Morgan fingerprint density at radius 3 is 2.58 bits per heavy atom. The molecule has 6 nitrogen and oxygen atoms in total. The van der Waals surface area contributed by atoms with Crippen LogP contribution in [0.1, 0.15) is 58.3 Å². The maximum atomic E-state index is 12.9. The minimum Gasteiger partial charge on any atom is -0.361 e. The summed E-state index contributed by atoms with van der Waals surface area (Å²) >= 11 is 1.53. The molecule has 174 valence electrons. The standard InChI is InChI=1S/C26H32N4O2S/c1-18-10-13-30(14-11-18)16-22-8-6-21(7-9-22)15-28-25(31)23-5-4-12-27-26(23)33-17-24-19(2)29-32-20(24)3/h4-9,12,18H,10-11,13-17H2,1-3H3,(H,28,31). The van der Waals surface area contributed by atoms with Gasteiger partial charge in [0.15, 0.2) is 0 Å². The van der Waals surface area contributed by atoms with Gasteiger partial charge in [-0.15, -0.1) is 11.8 Å². The number of likely N-dealkylation sites (tertiary alicyclic amines) is 1. The fraction of sp³-hybridized carbons (Fsp3) is 0.423. The van der Waals surface area contributed by atoms with Gasteiger partial charge in [-0.2, -0.15) is 0 Å². The first-order valence-corrected chi connectivity index (χ1v) is 12.6. The molecule has 1 aliphatic rings. The molecule has 33 heavy (non-hydrogen) atoms. The maximum absolute atomic E-state index is 12.9. The summed E-state index contributed by atoms with van der Waals surface area (Å²) in [6, 6.07) is 12.2. The van der Waals surface area contributed by atoms with Crippen molar-refractivity contribution in [2.75, 3.05) is 13.1 Å². The SMILES string of the molecule is Cc1noc(C)c1CSc1ncccc1C(=O)NCc1ccc(CN2CCC(C)CC2)cc1. The summed E-state index contributed by atoms with van der Waals surface area (Å²) in [7, 11) is 0. The van der Waals surface area contributed by atoms with Crippen LogP contribution in [0.15, 0.2) is 52.1 Å².